The standard InChI is InChI=1S/C22H26N2/c1-17(2)20-12-9-13-21(18(3)4)22(20)24-15-14-23(16-24)19-10-7-5-6-8-11-19/h5-18H,1-4H3. The van der Waals surface area contributed by atoms with Gasteiger partial charge in [-0.15, -0.1) is 11.1 Å². The van der Waals surface area contributed by atoms with Crippen LogP contribution in [0.2, 0.25) is 0 Å². The van der Waals surface area contributed by atoms with Crippen molar-refractivity contribution in [3.63, 3.8) is 0 Å². The van der Waals surface area contributed by atoms with Crippen LogP contribution in [0.25, 0.3) is 0 Å². The first-order chi connectivity index (χ1) is 11.6. The van der Waals surface area contributed by atoms with Crippen molar-refractivity contribution in [2.75, 3.05) is 0 Å². The van der Waals surface area contributed by atoms with Gasteiger partial charge in [0.05, 0.1) is 5.36 Å². The van der Waals surface area contributed by atoms with E-state index in [0.29, 0.717) is 11.8 Å². The first kappa shape index (κ1) is 16.4. The number of nitrogens with zero attached hydrogens (tertiary/aromatic N) is 2. The lowest BCUT2D eigenvalue weighted by Gasteiger charge is -2.18. The van der Waals surface area contributed by atoms with Gasteiger partial charge in [-0.2, -0.15) is 18.2 Å². The fourth-order valence-electron chi connectivity index (χ4n) is 3.11. The molecule has 0 amide bonds. The van der Waals surface area contributed by atoms with E-state index >= 15 is 0 Å². The topological polar surface area (TPSA) is 11.8 Å². The highest BCUT2D eigenvalue weighted by Gasteiger charge is 2.05. The zero-order valence-electron chi connectivity index (χ0n) is 15.0. The summed E-state index contributed by atoms with van der Waals surface area (Å²) in [6.45, 7) is 9.05. The smallest absolute Gasteiger partial charge is 0.231 e. The van der Waals surface area contributed by atoms with Gasteiger partial charge in [0.15, 0.2) is 5.36 Å². The maximum absolute atomic E-state index is 2.26. The van der Waals surface area contributed by atoms with Crippen LogP contribution in [0.1, 0.15) is 50.7 Å². The van der Waals surface area contributed by atoms with Gasteiger partial charge in [0.2, 0.25) is 0 Å². The van der Waals surface area contributed by atoms with Crippen LogP contribution in [-0.2, 0) is 0 Å². The second-order valence-electron chi connectivity index (χ2n) is 6.85. The average Bonchev–Trinajstić information content (AvgIpc) is 2.89. The Labute approximate surface area is 143 Å². The second kappa shape index (κ2) is 6.96. The summed E-state index contributed by atoms with van der Waals surface area (Å²) in [6.07, 6.45) is 6.44. The summed E-state index contributed by atoms with van der Waals surface area (Å²) in [4.78, 5) is 0. The molecule has 0 aliphatic rings. The summed E-state index contributed by atoms with van der Waals surface area (Å²) >= 11 is 0. The highest BCUT2D eigenvalue weighted by molar-refractivity contribution is 5.27. The molecule has 0 N–H and O–H groups in total. The molecule has 3 aromatic rings. The Kier molecular flexibility index (Phi) is 4.75. The molecule has 0 unspecified atom stereocenters. The van der Waals surface area contributed by atoms with Crippen molar-refractivity contribution < 1.29 is 8.49 Å². The number of hydrogen-bond acceptors (Lipinski definition) is 0. The lowest BCUT2D eigenvalue weighted by atomic mass is 9.94. The van der Waals surface area contributed by atoms with Crippen molar-refractivity contribution in [3.8, 4) is 0 Å². The quantitative estimate of drug-likeness (QED) is 0.498. The number of rotatable bonds is 2. The van der Waals surface area contributed by atoms with Crippen molar-refractivity contribution in [2.24, 2.45) is 0 Å². The Morgan fingerprint density at radius 3 is 1.83 bits per heavy atom. The predicted molar refractivity (Wildman–Crippen MR) is 96.4 cm³/mol. The van der Waals surface area contributed by atoms with Crippen LogP contribution < -0.4 is 8.49 Å². The summed E-state index contributed by atoms with van der Waals surface area (Å²) in [5, 5.41) is 2.48. The van der Waals surface area contributed by atoms with Crippen LogP contribution in [0.5, 0.6) is 0 Å². The van der Waals surface area contributed by atoms with Crippen LogP contribution in [0.15, 0.2) is 73.3 Å². The number of aromatic nitrogens is 2. The Balaban J connectivity index is 2.48. The molecule has 0 aliphatic carbocycles. The number of para-hydroxylation sites is 1. The van der Waals surface area contributed by atoms with E-state index in [0.717, 1.165) is 5.36 Å². The van der Waals surface area contributed by atoms with Crippen molar-refractivity contribution >= 4 is 0 Å². The lowest BCUT2D eigenvalue weighted by molar-refractivity contribution is -0.617. The van der Waals surface area contributed by atoms with E-state index < -0.39 is 0 Å². The molecule has 0 spiro atoms. The van der Waals surface area contributed by atoms with Crippen LogP contribution in [0.3, 0.4) is 0 Å². The number of hydrogen-bond donors (Lipinski definition) is 0. The molecule has 0 saturated heterocycles. The molecular formula is C22H26N2. The second-order valence-corrected chi connectivity index (χ2v) is 6.85. The van der Waals surface area contributed by atoms with E-state index in [-0.39, 0.29) is 0 Å². The van der Waals surface area contributed by atoms with Gasteiger partial charge in [-0.3, -0.25) is 0 Å². The van der Waals surface area contributed by atoms with Gasteiger partial charge >= 0.3 is 6.33 Å². The SMILES string of the molecule is CC(C)c1c[cH-]cc(C(C)C)c1=[n+]1cc[n+](=c2cccccc2)[cH-]1. The van der Waals surface area contributed by atoms with Gasteiger partial charge in [-0.25, -0.2) is 8.49 Å². The molecule has 2 heteroatoms. The highest BCUT2D eigenvalue weighted by atomic mass is 15.0. The first-order valence-corrected chi connectivity index (χ1v) is 8.69. The third kappa shape index (κ3) is 3.23. The van der Waals surface area contributed by atoms with Crippen LogP contribution in [0, 0.1) is 10.7 Å². The van der Waals surface area contributed by atoms with Gasteiger partial charge in [0.1, 0.15) is 12.4 Å². The van der Waals surface area contributed by atoms with Crippen molar-refractivity contribution in [2.45, 2.75) is 39.5 Å². The van der Waals surface area contributed by atoms with Crippen molar-refractivity contribution in [3.05, 3.63) is 95.2 Å². The van der Waals surface area contributed by atoms with Crippen LogP contribution in [0.4, 0.5) is 0 Å². The van der Waals surface area contributed by atoms with Crippen LogP contribution in [-0.4, -0.2) is 0 Å². The minimum absolute atomic E-state index is 0.490. The summed E-state index contributed by atoms with van der Waals surface area (Å²) in [5.41, 5.74) is 2.78. The minimum Gasteiger partial charge on any atom is -0.231 e. The molecule has 0 bridgehead atoms. The fourth-order valence-corrected chi connectivity index (χ4v) is 3.11. The maximum Gasteiger partial charge on any atom is 0.341 e. The van der Waals surface area contributed by atoms with Crippen molar-refractivity contribution in [1.82, 2.24) is 0 Å². The van der Waals surface area contributed by atoms with Gasteiger partial charge < -0.3 is 0 Å². The minimum atomic E-state index is 0.490. The van der Waals surface area contributed by atoms with E-state index in [4.69, 9.17) is 0 Å². The third-order valence-electron chi connectivity index (χ3n) is 4.40. The lowest BCUT2D eigenvalue weighted by Crippen LogP contribution is -2.23. The predicted octanol–water partition coefficient (Wildman–Crippen LogP) is 4.11. The van der Waals surface area contributed by atoms with E-state index in [1.807, 2.05) is 12.1 Å². The highest BCUT2D eigenvalue weighted by Crippen LogP contribution is 2.21. The molecule has 24 heavy (non-hydrogen) atoms. The molecule has 0 aliphatic heterocycles. The molecule has 124 valence electrons. The monoisotopic (exact) mass is 318 g/mol. The molecule has 0 atom stereocenters. The molecule has 2 aromatic carbocycles. The summed E-state index contributed by atoms with van der Waals surface area (Å²) < 4.78 is 4.43. The maximum atomic E-state index is 2.26. The Morgan fingerprint density at radius 1 is 0.750 bits per heavy atom. The first-order valence-electron chi connectivity index (χ1n) is 8.69. The van der Waals surface area contributed by atoms with E-state index in [9.17, 15) is 0 Å². The third-order valence-corrected chi connectivity index (χ3v) is 4.40. The summed E-state index contributed by atoms with van der Waals surface area (Å²) in [5.74, 6) is 0.980. The van der Waals surface area contributed by atoms with E-state index in [1.54, 1.807) is 0 Å². The number of benzene rings is 1. The zero-order valence-corrected chi connectivity index (χ0v) is 15.0. The fraction of sp³-hybridized carbons (Fsp3) is 0.273. The molecule has 0 saturated carbocycles. The normalized spacial score (nSPS) is 11.2. The summed E-state index contributed by atoms with van der Waals surface area (Å²) in [7, 11) is 0. The van der Waals surface area contributed by atoms with Gasteiger partial charge in [-0.05, 0) is 12.1 Å². The molecule has 2 nitrogen and oxygen atoms in total. The van der Waals surface area contributed by atoms with E-state index in [2.05, 4.69) is 97.4 Å². The molecule has 0 radical (unpaired) electrons. The molecular weight excluding hydrogens is 292 g/mol. The zero-order chi connectivity index (χ0) is 17.1. The Bertz CT molecular complexity index is 969. The largest absolute Gasteiger partial charge is 0.341 e. The number of imidazole rings is 1. The van der Waals surface area contributed by atoms with Crippen molar-refractivity contribution in [1.29, 1.82) is 0 Å². The molecule has 1 aromatic heterocycles. The van der Waals surface area contributed by atoms with Gasteiger partial charge in [0, 0.05) is 0 Å². The van der Waals surface area contributed by atoms with Crippen LogP contribution >= 0.6 is 0 Å². The van der Waals surface area contributed by atoms with E-state index in [1.165, 1.54) is 16.5 Å². The molecule has 1 heterocycles. The van der Waals surface area contributed by atoms with Gasteiger partial charge in [0.25, 0.3) is 0 Å². The average molecular weight is 318 g/mol. The Hall–Kier alpha value is -2.48. The summed E-state index contributed by atoms with van der Waals surface area (Å²) in [6, 6.07) is 19.2. The molecule has 3 rings (SSSR count). The van der Waals surface area contributed by atoms with Gasteiger partial charge in [-0.1, -0.05) is 63.8 Å². The Morgan fingerprint density at radius 2 is 1.29 bits per heavy atom. The molecule has 0 fully saturated rings.